The molecule has 0 radical (unpaired) electrons. The van der Waals surface area contributed by atoms with Gasteiger partial charge in [-0.05, 0) is 55.8 Å². The predicted octanol–water partition coefficient (Wildman–Crippen LogP) is 3.93. The summed E-state index contributed by atoms with van der Waals surface area (Å²) in [7, 11) is 1.48. The Morgan fingerprint density at radius 2 is 2.00 bits per heavy atom. The molecular formula is C17H21NO4S. The van der Waals surface area contributed by atoms with Crippen molar-refractivity contribution >= 4 is 29.0 Å². The molecule has 1 aromatic carbocycles. The van der Waals surface area contributed by atoms with Crippen LogP contribution in [0.5, 0.6) is 11.5 Å². The van der Waals surface area contributed by atoms with Gasteiger partial charge in [-0.1, -0.05) is 13.0 Å². The zero-order valence-corrected chi connectivity index (χ0v) is 14.6. The molecule has 1 fully saturated rings. The molecule has 1 heterocycles. The largest absolute Gasteiger partial charge is 0.490 e. The summed E-state index contributed by atoms with van der Waals surface area (Å²) < 4.78 is 11.5. The molecule has 0 aromatic heterocycles. The Labute approximate surface area is 140 Å². The van der Waals surface area contributed by atoms with Crippen LogP contribution in [-0.2, 0) is 4.79 Å². The topological polar surface area (TPSA) is 55.8 Å². The molecule has 1 aliphatic heterocycles. The fraction of sp³-hybridized carbons (Fsp3) is 0.412. The molecule has 1 saturated heterocycles. The molecule has 0 saturated carbocycles. The van der Waals surface area contributed by atoms with Gasteiger partial charge in [-0.3, -0.25) is 14.5 Å². The van der Waals surface area contributed by atoms with Crippen molar-refractivity contribution in [3.05, 3.63) is 28.7 Å². The Kier molecular flexibility index (Phi) is 5.71. The fourth-order valence-electron chi connectivity index (χ4n) is 1.98. The maximum atomic E-state index is 11.9. The summed E-state index contributed by atoms with van der Waals surface area (Å²) in [5.74, 6) is 1.04. The number of rotatable bonds is 6. The highest BCUT2D eigenvalue weighted by Crippen LogP contribution is 2.34. The maximum Gasteiger partial charge on any atom is 0.293 e. The van der Waals surface area contributed by atoms with Crippen molar-refractivity contribution < 1.29 is 19.1 Å². The van der Waals surface area contributed by atoms with E-state index in [4.69, 9.17) is 9.47 Å². The number of amides is 2. The van der Waals surface area contributed by atoms with E-state index in [9.17, 15) is 9.59 Å². The quantitative estimate of drug-likeness (QED) is 0.737. The Morgan fingerprint density at radius 3 is 2.57 bits per heavy atom. The molecule has 2 rings (SSSR count). The standard InChI is InChI=1S/C17H21NO4S/c1-5-11(3)22-13-8-7-12(9-14(13)21-6-2)10-15-16(19)18(4)17(20)23-15/h7-11H,5-6H2,1-4H3/b15-10+/t11-/m0/s1. The number of benzene rings is 1. The van der Waals surface area contributed by atoms with Crippen LogP contribution in [0.2, 0.25) is 0 Å². The maximum absolute atomic E-state index is 11.9. The molecule has 6 heteroatoms. The van der Waals surface area contributed by atoms with Gasteiger partial charge in [-0.25, -0.2) is 0 Å². The SMILES string of the molecule is CCOc1cc(/C=C2/SC(=O)N(C)C2=O)ccc1O[C@@H](C)CC. The summed E-state index contributed by atoms with van der Waals surface area (Å²) >= 11 is 0.941. The lowest BCUT2D eigenvalue weighted by atomic mass is 10.1. The van der Waals surface area contributed by atoms with Crippen molar-refractivity contribution in [3.8, 4) is 11.5 Å². The average Bonchev–Trinajstić information content (AvgIpc) is 2.77. The molecule has 124 valence electrons. The van der Waals surface area contributed by atoms with Gasteiger partial charge in [0.05, 0.1) is 17.6 Å². The fourth-order valence-corrected chi connectivity index (χ4v) is 2.80. The molecule has 1 aliphatic rings. The van der Waals surface area contributed by atoms with Crippen LogP contribution in [0, 0.1) is 0 Å². The Bertz CT molecular complexity index is 641. The highest BCUT2D eigenvalue weighted by molar-refractivity contribution is 8.18. The van der Waals surface area contributed by atoms with Crippen molar-refractivity contribution in [1.29, 1.82) is 0 Å². The Balaban J connectivity index is 2.29. The molecule has 0 spiro atoms. The lowest BCUT2D eigenvalue weighted by Crippen LogP contribution is -2.22. The first-order chi connectivity index (χ1) is 11.0. The lowest BCUT2D eigenvalue weighted by Gasteiger charge is -2.16. The van der Waals surface area contributed by atoms with Crippen LogP contribution in [0.4, 0.5) is 4.79 Å². The van der Waals surface area contributed by atoms with Crippen molar-refractivity contribution in [2.45, 2.75) is 33.3 Å². The van der Waals surface area contributed by atoms with Crippen LogP contribution in [0.15, 0.2) is 23.1 Å². The highest BCUT2D eigenvalue weighted by Gasteiger charge is 2.31. The first kappa shape index (κ1) is 17.4. The third-order valence-corrected chi connectivity index (χ3v) is 4.42. The summed E-state index contributed by atoms with van der Waals surface area (Å²) in [5, 5.41) is -0.261. The predicted molar refractivity (Wildman–Crippen MR) is 91.7 cm³/mol. The summed E-state index contributed by atoms with van der Waals surface area (Å²) in [4.78, 5) is 25.0. The second-order valence-electron chi connectivity index (χ2n) is 5.22. The zero-order chi connectivity index (χ0) is 17.0. The summed E-state index contributed by atoms with van der Waals surface area (Å²) in [6, 6.07) is 5.51. The minimum Gasteiger partial charge on any atom is -0.490 e. The Morgan fingerprint density at radius 1 is 1.26 bits per heavy atom. The van der Waals surface area contributed by atoms with Gasteiger partial charge >= 0.3 is 0 Å². The lowest BCUT2D eigenvalue weighted by molar-refractivity contribution is -0.121. The third kappa shape index (κ3) is 4.07. The van der Waals surface area contributed by atoms with Gasteiger partial charge in [0.15, 0.2) is 11.5 Å². The third-order valence-electron chi connectivity index (χ3n) is 3.45. The number of likely N-dealkylation sites (N-methyl/N-ethyl adjacent to an activating group) is 1. The number of hydrogen-bond acceptors (Lipinski definition) is 5. The van der Waals surface area contributed by atoms with E-state index in [1.165, 1.54) is 7.05 Å². The molecule has 1 atom stereocenters. The number of ether oxygens (including phenoxy) is 2. The average molecular weight is 335 g/mol. The van der Waals surface area contributed by atoms with Gasteiger partial charge in [0.1, 0.15) is 0 Å². The zero-order valence-electron chi connectivity index (χ0n) is 13.8. The molecule has 0 unspecified atom stereocenters. The molecule has 0 bridgehead atoms. The first-order valence-electron chi connectivity index (χ1n) is 7.61. The van der Waals surface area contributed by atoms with Gasteiger partial charge in [-0.2, -0.15) is 0 Å². The molecule has 2 amide bonds. The van der Waals surface area contributed by atoms with E-state index in [0.717, 1.165) is 28.6 Å². The number of nitrogens with zero attached hydrogens (tertiary/aromatic N) is 1. The smallest absolute Gasteiger partial charge is 0.293 e. The summed E-state index contributed by atoms with van der Waals surface area (Å²) in [6.45, 7) is 6.48. The number of imide groups is 1. The van der Waals surface area contributed by atoms with E-state index in [1.807, 2.05) is 32.0 Å². The van der Waals surface area contributed by atoms with Crippen molar-refractivity contribution in [2.75, 3.05) is 13.7 Å². The summed E-state index contributed by atoms with van der Waals surface area (Å²) in [6.07, 6.45) is 2.69. The van der Waals surface area contributed by atoms with Crippen LogP contribution >= 0.6 is 11.8 Å². The highest BCUT2D eigenvalue weighted by atomic mass is 32.2. The van der Waals surface area contributed by atoms with Crippen LogP contribution in [0.3, 0.4) is 0 Å². The molecule has 1 aromatic rings. The van der Waals surface area contributed by atoms with Gasteiger partial charge in [0, 0.05) is 7.05 Å². The van der Waals surface area contributed by atoms with Gasteiger partial charge < -0.3 is 9.47 Å². The van der Waals surface area contributed by atoms with E-state index >= 15 is 0 Å². The van der Waals surface area contributed by atoms with Crippen LogP contribution in [0.25, 0.3) is 6.08 Å². The minimum atomic E-state index is -0.280. The normalized spacial score (nSPS) is 17.7. The van der Waals surface area contributed by atoms with Crippen LogP contribution < -0.4 is 9.47 Å². The van der Waals surface area contributed by atoms with Crippen molar-refractivity contribution in [1.82, 2.24) is 4.90 Å². The minimum absolute atomic E-state index is 0.0941. The summed E-state index contributed by atoms with van der Waals surface area (Å²) in [5.41, 5.74) is 0.795. The molecule has 0 aliphatic carbocycles. The molecule has 0 N–H and O–H groups in total. The monoisotopic (exact) mass is 335 g/mol. The number of carbonyl (C=O) groups excluding carboxylic acids is 2. The van der Waals surface area contributed by atoms with Crippen LogP contribution in [-0.4, -0.2) is 35.8 Å². The molecule has 23 heavy (non-hydrogen) atoms. The second-order valence-corrected chi connectivity index (χ2v) is 6.21. The van der Waals surface area contributed by atoms with Crippen molar-refractivity contribution in [3.63, 3.8) is 0 Å². The van der Waals surface area contributed by atoms with Crippen LogP contribution in [0.1, 0.15) is 32.8 Å². The van der Waals surface area contributed by atoms with E-state index in [1.54, 1.807) is 6.08 Å². The van der Waals surface area contributed by atoms with Gasteiger partial charge in [-0.15, -0.1) is 0 Å². The number of hydrogen-bond donors (Lipinski definition) is 0. The van der Waals surface area contributed by atoms with E-state index in [0.29, 0.717) is 23.0 Å². The van der Waals surface area contributed by atoms with E-state index in [2.05, 4.69) is 6.92 Å². The number of carbonyl (C=O) groups is 2. The van der Waals surface area contributed by atoms with Gasteiger partial charge in [0.25, 0.3) is 11.1 Å². The van der Waals surface area contributed by atoms with Crippen molar-refractivity contribution in [2.24, 2.45) is 0 Å². The molecular weight excluding hydrogens is 314 g/mol. The molecule has 5 nitrogen and oxygen atoms in total. The second kappa shape index (κ2) is 7.55. The van der Waals surface area contributed by atoms with E-state index < -0.39 is 0 Å². The Hall–Kier alpha value is -1.95. The first-order valence-corrected chi connectivity index (χ1v) is 8.43. The van der Waals surface area contributed by atoms with E-state index in [-0.39, 0.29) is 17.3 Å². The number of thioether (sulfide) groups is 1. The van der Waals surface area contributed by atoms with Gasteiger partial charge in [0.2, 0.25) is 0 Å².